The Hall–Kier alpha value is -1.73. The van der Waals surface area contributed by atoms with Crippen LogP contribution in [-0.4, -0.2) is 39.4 Å². The van der Waals surface area contributed by atoms with Gasteiger partial charge in [-0.25, -0.2) is 4.98 Å². The van der Waals surface area contributed by atoms with Gasteiger partial charge in [-0.15, -0.1) is 11.3 Å². The predicted molar refractivity (Wildman–Crippen MR) is 95.8 cm³/mol. The summed E-state index contributed by atoms with van der Waals surface area (Å²) in [5, 5.41) is 1.94. The van der Waals surface area contributed by atoms with Gasteiger partial charge >= 0.3 is 5.97 Å². The van der Waals surface area contributed by atoms with Crippen LogP contribution in [0.1, 0.15) is 43.5 Å². The van der Waals surface area contributed by atoms with E-state index in [1.54, 1.807) is 10.5 Å². The minimum absolute atomic E-state index is 0.0484. The van der Waals surface area contributed by atoms with Crippen LogP contribution in [0.25, 0.3) is 4.96 Å². The molecule has 2 aliphatic rings. The van der Waals surface area contributed by atoms with Gasteiger partial charge in [-0.2, -0.15) is 0 Å². The summed E-state index contributed by atoms with van der Waals surface area (Å²) in [5.41, 5.74) is 1.60. The van der Waals surface area contributed by atoms with Crippen molar-refractivity contribution in [3.63, 3.8) is 0 Å². The van der Waals surface area contributed by atoms with Gasteiger partial charge in [0, 0.05) is 29.7 Å². The number of esters is 1. The molecule has 0 bridgehead atoms. The highest BCUT2D eigenvalue weighted by molar-refractivity contribution is 7.15. The van der Waals surface area contributed by atoms with E-state index >= 15 is 0 Å². The molecule has 6 nitrogen and oxygen atoms in total. The highest BCUT2D eigenvalue weighted by Gasteiger charge is 2.45. The number of hydrogen-bond donors (Lipinski definition) is 0. The second-order valence-electron chi connectivity index (χ2n) is 7.14. The number of rotatable bonds is 3. The zero-order chi connectivity index (χ0) is 17.6. The standard InChI is InChI=1S/C18H23N3O3S/c1-11-10-25-18-19-13(8-16(22)21(11)18)9-20-14-6-4-3-5-12(14)7-15(20)17(23)24-2/h8,10,12,14-15H,3-7,9H2,1-2H3/t12-,14-,15+/m1/s1. The maximum Gasteiger partial charge on any atom is 0.323 e. The largest absolute Gasteiger partial charge is 0.468 e. The second-order valence-corrected chi connectivity index (χ2v) is 7.98. The summed E-state index contributed by atoms with van der Waals surface area (Å²) < 4.78 is 6.68. The van der Waals surface area contributed by atoms with Crippen LogP contribution in [-0.2, 0) is 16.1 Å². The van der Waals surface area contributed by atoms with Crippen molar-refractivity contribution >= 4 is 22.3 Å². The summed E-state index contributed by atoms with van der Waals surface area (Å²) in [6, 6.07) is 1.78. The summed E-state index contributed by atoms with van der Waals surface area (Å²) in [7, 11) is 1.45. The number of fused-ring (bicyclic) bond motifs is 2. The molecular weight excluding hydrogens is 338 g/mol. The van der Waals surface area contributed by atoms with E-state index in [-0.39, 0.29) is 17.6 Å². The van der Waals surface area contributed by atoms with Gasteiger partial charge in [0.05, 0.1) is 12.8 Å². The van der Waals surface area contributed by atoms with E-state index in [4.69, 9.17) is 4.74 Å². The minimum atomic E-state index is -0.219. The van der Waals surface area contributed by atoms with Crippen LogP contribution in [0.15, 0.2) is 16.2 Å². The fourth-order valence-corrected chi connectivity index (χ4v) is 5.41. The van der Waals surface area contributed by atoms with Crippen molar-refractivity contribution in [3.05, 3.63) is 33.2 Å². The lowest BCUT2D eigenvalue weighted by molar-refractivity contribution is -0.146. The lowest BCUT2D eigenvalue weighted by atomic mass is 9.85. The van der Waals surface area contributed by atoms with E-state index < -0.39 is 0 Å². The van der Waals surface area contributed by atoms with Crippen molar-refractivity contribution in [2.75, 3.05) is 7.11 Å². The fraction of sp³-hybridized carbons (Fsp3) is 0.611. The first-order chi connectivity index (χ1) is 12.1. The number of aryl methyl sites for hydroxylation is 1. The molecule has 1 saturated heterocycles. The van der Waals surface area contributed by atoms with E-state index in [0.717, 1.165) is 24.2 Å². The van der Waals surface area contributed by atoms with Gasteiger partial charge in [0.15, 0.2) is 4.96 Å². The molecule has 4 rings (SSSR count). The third-order valence-corrected chi connectivity index (χ3v) is 6.61. The van der Waals surface area contributed by atoms with Crippen molar-refractivity contribution in [2.24, 2.45) is 5.92 Å². The summed E-state index contributed by atoms with van der Waals surface area (Å²) in [5.74, 6) is 0.380. The first-order valence-corrected chi connectivity index (χ1v) is 9.77. The molecule has 7 heteroatoms. The molecule has 25 heavy (non-hydrogen) atoms. The van der Waals surface area contributed by atoms with Crippen molar-refractivity contribution in [3.8, 4) is 0 Å². The maximum absolute atomic E-state index is 12.4. The van der Waals surface area contributed by atoms with Crippen LogP contribution in [0.3, 0.4) is 0 Å². The van der Waals surface area contributed by atoms with Crippen molar-refractivity contribution in [2.45, 2.75) is 57.7 Å². The van der Waals surface area contributed by atoms with Gasteiger partial charge in [0.2, 0.25) is 0 Å². The Labute approximate surface area is 150 Å². The molecule has 1 saturated carbocycles. The SMILES string of the molecule is COC(=O)[C@@H]1C[C@H]2CCCC[C@H]2N1Cc1cc(=O)n2c(C)csc2n1. The predicted octanol–water partition coefficient (Wildman–Crippen LogP) is 2.37. The number of nitrogens with zero attached hydrogens (tertiary/aromatic N) is 3. The molecule has 0 N–H and O–H groups in total. The van der Waals surface area contributed by atoms with E-state index in [1.807, 2.05) is 12.3 Å². The molecule has 0 spiro atoms. The van der Waals surface area contributed by atoms with Gasteiger partial charge < -0.3 is 4.74 Å². The Morgan fingerprint density at radius 2 is 2.20 bits per heavy atom. The molecular formula is C18H23N3O3S. The molecule has 1 aliphatic carbocycles. The fourth-order valence-electron chi connectivity index (χ4n) is 4.52. The van der Waals surface area contributed by atoms with Gasteiger partial charge in [-0.05, 0) is 32.1 Å². The molecule has 0 amide bonds. The number of hydrogen-bond acceptors (Lipinski definition) is 6. The second kappa shape index (κ2) is 6.53. The average Bonchev–Trinajstić information content (AvgIpc) is 3.16. The number of aromatic nitrogens is 2. The van der Waals surface area contributed by atoms with Crippen molar-refractivity contribution in [1.29, 1.82) is 0 Å². The van der Waals surface area contributed by atoms with E-state index in [0.29, 0.717) is 23.5 Å². The third kappa shape index (κ3) is 2.89. The van der Waals surface area contributed by atoms with Gasteiger partial charge in [-0.3, -0.25) is 18.9 Å². The molecule has 3 atom stereocenters. The minimum Gasteiger partial charge on any atom is -0.468 e. The summed E-state index contributed by atoms with van der Waals surface area (Å²) in [6.07, 6.45) is 5.58. The Kier molecular flexibility index (Phi) is 4.37. The molecule has 0 radical (unpaired) electrons. The zero-order valence-corrected chi connectivity index (χ0v) is 15.4. The highest BCUT2D eigenvalue weighted by Crippen LogP contribution is 2.40. The first-order valence-electron chi connectivity index (χ1n) is 8.89. The van der Waals surface area contributed by atoms with Gasteiger partial charge in [-0.1, -0.05) is 12.8 Å². The van der Waals surface area contributed by atoms with Gasteiger partial charge in [0.1, 0.15) is 6.04 Å². The summed E-state index contributed by atoms with van der Waals surface area (Å²) in [6.45, 7) is 2.44. The third-order valence-electron chi connectivity index (χ3n) is 5.67. The normalized spacial score (nSPS) is 26.7. The Balaban J connectivity index is 1.67. The number of methoxy groups -OCH3 is 1. The zero-order valence-electron chi connectivity index (χ0n) is 14.6. The smallest absolute Gasteiger partial charge is 0.323 e. The lowest BCUT2D eigenvalue weighted by Crippen LogP contribution is -2.42. The highest BCUT2D eigenvalue weighted by atomic mass is 32.1. The number of ether oxygens (including phenoxy) is 1. The van der Waals surface area contributed by atoms with Gasteiger partial charge in [0.25, 0.3) is 5.56 Å². The number of likely N-dealkylation sites (tertiary alicyclic amines) is 1. The van der Waals surface area contributed by atoms with Crippen molar-refractivity contribution < 1.29 is 9.53 Å². The topological polar surface area (TPSA) is 63.9 Å². The molecule has 2 aromatic heterocycles. The molecule has 0 aromatic carbocycles. The quantitative estimate of drug-likeness (QED) is 0.786. The molecule has 134 valence electrons. The molecule has 1 aliphatic heterocycles. The molecule has 2 fully saturated rings. The summed E-state index contributed by atoms with van der Waals surface area (Å²) in [4.78, 5) is 32.3. The number of thiazole rings is 1. The van der Waals surface area contributed by atoms with Crippen molar-refractivity contribution in [1.82, 2.24) is 14.3 Å². The number of carbonyl (C=O) groups is 1. The van der Waals surface area contributed by atoms with Crippen LogP contribution in [0.2, 0.25) is 0 Å². The molecule has 3 heterocycles. The Morgan fingerprint density at radius 3 is 3.00 bits per heavy atom. The summed E-state index contributed by atoms with van der Waals surface area (Å²) >= 11 is 1.48. The average molecular weight is 361 g/mol. The van der Waals surface area contributed by atoms with Crippen LogP contribution in [0.4, 0.5) is 0 Å². The van der Waals surface area contributed by atoms with Crippen LogP contribution < -0.4 is 5.56 Å². The first kappa shape index (κ1) is 16.7. The van der Waals surface area contributed by atoms with E-state index in [1.165, 1.54) is 37.7 Å². The lowest BCUT2D eigenvalue weighted by Gasteiger charge is -2.32. The van der Waals surface area contributed by atoms with Crippen LogP contribution >= 0.6 is 11.3 Å². The maximum atomic E-state index is 12.4. The van der Waals surface area contributed by atoms with Crippen LogP contribution in [0, 0.1) is 12.8 Å². The molecule has 2 aromatic rings. The monoisotopic (exact) mass is 361 g/mol. The Morgan fingerprint density at radius 1 is 1.40 bits per heavy atom. The molecule has 0 unspecified atom stereocenters. The Bertz CT molecular complexity index is 859. The van der Waals surface area contributed by atoms with Crippen LogP contribution in [0.5, 0.6) is 0 Å². The van der Waals surface area contributed by atoms with E-state index in [9.17, 15) is 9.59 Å². The van der Waals surface area contributed by atoms with E-state index in [2.05, 4.69) is 9.88 Å². The number of carbonyl (C=O) groups excluding carboxylic acids is 1.